The lowest BCUT2D eigenvalue weighted by Crippen LogP contribution is -2.43. The van der Waals surface area contributed by atoms with Crippen molar-refractivity contribution in [1.29, 1.82) is 0 Å². The standard InChI is InChI=1S/C23H25FN4O2/c1-17-25-9-10-28(17)16-18-3-2-4-21(15-18)26-23(29)22(27-11-13-30-14-12-27)19-5-7-20(24)8-6-19/h2-10,15,22H,11-14,16H2,1H3,(H,26,29). The second kappa shape index (κ2) is 9.19. The van der Waals surface area contributed by atoms with Gasteiger partial charge in [-0.2, -0.15) is 0 Å². The minimum absolute atomic E-state index is 0.139. The molecule has 1 aliphatic heterocycles. The number of imidazole rings is 1. The quantitative estimate of drug-likeness (QED) is 0.679. The summed E-state index contributed by atoms with van der Waals surface area (Å²) >= 11 is 0. The van der Waals surface area contributed by atoms with E-state index in [1.165, 1.54) is 12.1 Å². The summed E-state index contributed by atoms with van der Waals surface area (Å²) < 4.78 is 20.9. The zero-order valence-corrected chi connectivity index (χ0v) is 16.9. The highest BCUT2D eigenvalue weighted by atomic mass is 19.1. The number of ether oxygens (including phenoxy) is 1. The lowest BCUT2D eigenvalue weighted by atomic mass is 10.0. The lowest BCUT2D eigenvalue weighted by molar-refractivity contribution is -0.123. The number of carbonyl (C=O) groups excluding carboxylic acids is 1. The number of anilines is 1. The molecule has 3 aromatic rings. The van der Waals surface area contributed by atoms with Gasteiger partial charge in [-0.05, 0) is 42.3 Å². The summed E-state index contributed by atoms with van der Waals surface area (Å²) in [5.41, 5.74) is 2.57. The van der Waals surface area contributed by atoms with Crippen LogP contribution in [-0.4, -0.2) is 46.7 Å². The monoisotopic (exact) mass is 408 g/mol. The second-order valence-corrected chi connectivity index (χ2v) is 7.39. The van der Waals surface area contributed by atoms with Crippen LogP contribution in [0.15, 0.2) is 60.9 Å². The van der Waals surface area contributed by atoms with E-state index in [0.717, 1.165) is 22.6 Å². The Kier molecular flexibility index (Phi) is 6.21. The van der Waals surface area contributed by atoms with Gasteiger partial charge in [-0.3, -0.25) is 9.69 Å². The van der Waals surface area contributed by atoms with Crippen LogP contribution in [0.1, 0.15) is 23.0 Å². The Bertz CT molecular complexity index is 996. The predicted octanol–water partition coefficient (Wildman–Crippen LogP) is 3.39. The Hall–Kier alpha value is -3.03. The molecule has 0 aliphatic carbocycles. The molecule has 7 heteroatoms. The fourth-order valence-electron chi connectivity index (χ4n) is 3.73. The number of hydrogen-bond donors (Lipinski definition) is 1. The summed E-state index contributed by atoms with van der Waals surface area (Å²) in [7, 11) is 0. The van der Waals surface area contributed by atoms with Crippen LogP contribution in [0.2, 0.25) is 0 Å². The van der Waals surface area contributed by atoms with E-state index >= 15 is 0 Å². The van der Waals surface area contributed by atoms with Crippen molar-refractivity contribution < 1.29 is 13.9 Å². The van der Waals surface area contributed by atoms with Crippen molar-refractivity contribution >= 4 is 11.6 Å². The minimum Gasteiger partial charge on any atom is -0.379 e. The van der Waals surface area contributed by atoms with Crippen LogP contribution < -0.4 is 5.32 Å². The van der Waals surface area contributed by atoms with E-state index in [1.54, 1.807) is 18.3 Å². The number of aryl methyl sites for hydroxylation is 1. The van der Waals surface area contributed by atoms with Gasteiger partial charge in [-0.25, -0.2) is 9.37 Å². The molecule has 0 bridgehead atoms. The van der Waals surface area contributed by atoms with E-state index in [-0.39, 0.29) is 11.7 Å². The van der Waals surface area contributed by atoms with Crippen molar-refractivity contribution in [3.63, 3.8) is 0 Å². The minimum atomic E-state index is -0.506. The zero-order chi connectivity index (χ0) is 20.9. The molecule has 2 aromatic carbocycles. The average molecular weight is 408 g/mol. The molecule has 30 heavy (non-hydrogen) atoms. The smallest absolute Gasteiger partial charge is 0.246 e. The van der Waals surface area contributed by atoms with E-state index in [0.29, 0.717) is 32.8 Å². The molecule has 156 valence electrons. The van der Waals surface area contributed by atoms with Crippen molar-refractivity contribution in [1.82, 2.24) is 14.5 Å². The van der Waals surface area contributed by atoms with Gasteiger partial charge in [0.25, 0.3) is 0 Å². The maximum Gasteiger partial charge on any atom is 0.246 e. The van der Waals surface area contributed by atoms with Crippen LogP contribution in [0.5, 0.6) is 0 Å². The number of benzene rings is 2. The Morgan fingerprint density at radius 3 is 2.67 bits per heavy atom. The summed E-state index contributed by atoms with van der Waals surface area (Å²) in [6.07, 6.45) is 3.71. The summed E-state index contributed by atoms with van der Waals surface area (Å²) in [5, 5.41) is 3.05. The SMILES string of the molecule is Cc1nccn1Cc1cccc(NC(=O)C(c2ccc(F)cc2)N2CCOCC2)c1. The summed E-state index contributed by atoms with van der Waals surface area (Å²) in [4.78, 5) is 19.6. The third kappa shape index (κ3) is 4.75. The molecule has 6 nitrogen and oxygen atoms in total. The van der Waals surface area contributed by atoms with Gasteiger partial charge in [-0.15, -0.1) is 0 Å². The van der Waals surface area contributed by atoms with E-state index in [1.807, 2.05) is 37.4 Å². The number of hydrogen-bond acceptors (Lipinski definition) is 4. The second-order valence-electron chi connectivity index (χ2n) is 7.39. The highest BCUT2D eigenvalue weighted by Crippen LogP contribution is 2.25. The summed E-state index contributed by atoms with van der Waals surface area (Å²) in [6.45, 7) is 5.09. The van der Waals surface area contributed by atoms with E-state index in [9.17, 15) is 9.18 Å². The maximum atomic E-state index is 13.4. The van der Waals surface area contributed by atoms with E-state index in [4.69, 9.17) is 4.74 Å². The Morgan fingerprint density at radius 2 is 1.97 bits per heavy atom. The van der Waals surface area contributed by atoms with Crippen molar-refractivity contribution in [2.45, 2.75) is 19.5 Å². The van der Waals surface area contributed by atoms with E-state index < -0.39 is 6.04 Å². The molecule has 0 saturated carbocycles. The number of carbonyl (C=O) groups is 1. The first-order chi connectivity index (χ1) is 14.6. The molecular formula is C23H25FN4O2. The Balaban J connectivity index is 1.54. The highest BCUT2D eigenvalue weighted by molar-refractivity contribution is 5.95. The molecule has 4 rings (SSSR count). The topological polar surface area (TPSA) is 59.4 Å². The molecule has 0 spiro atoms. The van der Waals surface area contributed by atoms with Gasteiger partial charge in [-0.1, -0.05) is 24.3 Å². The van der Waals surface area contributed by atoms with Gasteiger partial charge in [0.15, 0.2) is 0 Å². The van der Waals surface area contributed by atoms with Crippen LogP contribution in [-0.2, 0) is 16.1 Å². The summed E-state index contributed by atoms with van der Waals surface area (Å²) in [6, 6.07) is 13.4. The maximum absolute atomic E-state index is 13.4. The number of nitrogens with one attached hydrogen (secondary N) is 1. The lowest BCUT2D eigenvalue weighted by Gasteiger charge is -2.33. The first-order valence-corrected chi connectivity index (χ1v) is 10.0. The molecule has 2 heterocycles. The van der Waals surface area contributed by atoms with Crippen LogP contribution in [0.4, 0.5) is 10.1 Å². The zero-order valence-electron chi connectivity index (χ0n) is 16.9. The van der Waals surface area contributed by atoms with Crippen molar-refractivity contribution in [3.8, 4) is 0 Å². The number of rotatable bonds is 6. The molecule has 1 aliphatic rings. The number of morpholine rings is 1. The number of aromatic nitrogens is 2. The molecule has 1 amide bonds. The first-order valence-electron chi connectivity index (χ1n) is 10.0. The van der Waals surface area contributed by atoms with Crippen LogP contribution in [0.3, 0.4) is 0 Å². The van der Waals surface area contributed by atoms with Gasteiger partial charge in [0.2, 0.25) is 5.91 Å². The molecular weight excluding hydrogens is 383 g/mol. The van der Waals surface area contributed by atoms with E-state index in [2.05, 4.69) is 19.8 Å². The van der Waals surface area contributed by atoms with Gasteiger partial charge < -0.3 is 14.6 Å². The third-order valence-corrected chi connectivity index (χ3v) is 5.32. The molecule has 0 radical (unpaired) electrons. The largest absolute Gasteiger partial charge is 0.379 e. The van der Waals surface area contributed by atoms with Gasteiger partial charge in [0.05, 0.1) is 13.2 Å². The molecule has 1 unspecified atom stereocenters. The number of amides is 1. The average Bonchev–Trinajstić information content (AvgIpc) is 3.15. The molecule has 1 atom stereocenters. The number of halogens is 1. The van der Waals surface area contributed by atoms with Gasteiger partial charge in [0, 0.05) is 37.7 Å². The van der Waals surface area contributed by atoms with Gasteiger partial charge >= 0.3 is 0 Å². The van der Waals surface area contributed by atoms with Crippen molar-refractivity contribution in [2.75, 3.05) is 31.6 Å². The van der Waals surface area contributed by atoms with Crippen LogP contribution in [0.25, 0.3) is 0 Å². The third-order valence-electron chi connectivity index (χ3n) is 5.32. The molecule has 1 fully saturated rings. The van der Waals surface area contributed by atoms with Crippen molar-refractivity contribution in [3.05, 3.63) is 83.7 Å². The van der Waals surface area contributed by atoms with Gasteiger partial charge in [0.1, 0.15) is 17.7 Å². The fourth-order valence-corrected chi connectivity index (χ4v) is 3.73. The Morgan fingerprint density at radius 1 is 1.20 bits per heavy atom. The predicted molar refractivity (Wildman–Crippen MR) is 113 cm³/mol. The molecule has 1 saturated heterocycles. The normalized spacial score (nSPS) is 15.7. The van der Waals surface area contributed by atoms with Crippen LogP contribution in [0, 0.1) is 12.7 Å². The molecule has 1 aromatic heterocycles. The number of nitrogens with zero attached hydrogens (tertiary/aromatic N) is 3. The van der Waals surface area contributed by atoms with Crippen LogP contribution >= 0.6 is 0 Å². The molecule has 1 N–H and O–H groups in total. The fraction of sp³-hybridized carbons (Fsp3) is 0.304. The Labute approximate surface area is 175 Å². The summed E-state index contributed by atoms with van der Waals surface area (Å²) in [5.74, 6) is 0.481. The first kappa shape index (κ1) is 20.3. The van der Waals surface area contributed by atoms with Crippen molar-refractivity contribution in [2.24, 2.45) is 0 Å². The highest BCUT2D eigenvalue weighted by Gasteiger charge is 2.29.